The standard InChI is InChI=1S/C23H29N3O4/c1-17(24)25-14-8-13-21(23(28)29)26-22(27)16-30-15-20(18-9-4-2-5-10-18)19-11-6-3-7-12-19/h2-7,9-12,20-21H,8,13-16H2,1H3,(H2,24,25)(H,26,27)(H,28,29)/t21-/m0/s1. The molecule has 0 aliphatic rings. The molecule has 0 saturated carbocycles. The van der Waals surface area contributed by atoms with Gasteiger partial charge in [0.15, 0.2) is 0 Å². The number of nitrogens with zero attached hydrogens (tertiary/aromatic N) is 1. The van der Waals surface area contributed by atoms with Crippen molar-refractivity contribution in [2.75, 3.05) is 19.8 Å². The van der Waals surface area contributed by atoms with Gasteiger partial charge in [-0.1, -0.05) is 60.7 Å². The van der Waals surface area contributed by atoms with Crippen molar-refractivity contribution in [3.8, 4) is 0 Å². The first-order chi connectivity index (χ1) is 14.5. The summed E-state index contributed by atoms with van der Waals surface area (Å²) in [5, 5.41) is 11.8. The molecule has 0 aromatic heterocycles. The van der Waals surface area contributed by atoms with E-state index >= 15 is 0 Å². The van der Waals surface area contributed by atoms with Gasteiger partial charge in [0.05, 0.1) is 12.4 Å². The molecule has 0 aliphatic heterocycles. The summed E-state index contributed by atoms with van der Waals surface area (Å²) in [5.74, 6) is -1.11. The fourth-order valence-electron chi connectivity index (χ4n) is 3.07. The summed E-state index contributed by atoms with van der Waals surface area (Å²) in [7, 11) is 0. The average Bonchev–Trinajstić information content (AvgIpc) is 2.74. The Morgan fingerprint density at radius 2 is 1.63 bits per heavy atom. The number of rotatable bonds is 12. The van der Waals surface area contributed by atoms with Gasteiger partial charge in [-0.05, 0) is 30.9 Å². The molecule has 7 nitrogen and oxygen atoms in total. The van der Waals surface area contributed by atoms with Crippen molar-refractivity contribution in [2.24, 2.45) is 10.7 Å². The van der Waals surface area contributed by atoms with E-state index < -0.39 is 17.9 Å². The van der Waals surface area contributed by atoms with Gasteiger partial charge in [-0.3, -0.25) is 9.79 Å². The first-order valence-corrected chi connectivity index (χ1v) is 9.93. The smallest absolute Gasteiger partial charge is 0.326 e. The summed E-state index contributed by atoms with van der Waals surface area (Å²) in [5.41, 5.74) is 7.63. The van der Waals surface area contributed by atoms with E-state index in [9.17, 15) is 14.7 Å². The van der Waals surface area contributed by atoms with Crippen LogP contribution in [0.2, 0.25) is 0 Å². The van der Waals surface area contributed by atoms with E-state index in [1.54, 1.807) is 6.92 Å². The molecule has 0 unspecified atom stereocenters. The summed E-state index contributed by atoms with van der Waals surface area (Å²) in [6, 6.07) is 18.9. The molecule has 7 heteroatoms. The molecule has 0 fully saturated rings. The third-order valence-electron chi connectivity index (χ3n) is 4.57. The lowest BCUT2D eigenvalue weighted by atomic mass is 9.92. The maximum absolute atomic E-state index is 12.2. The van der Waals surface area contributed by atoms with Gasteiger partial charge < -0.3 is 20.9 Å². The highest BCUT2D eigenvalue weighted by atomic mass is 16.5. The van der Waals surface area contributed by atoms with Crippen LogP contribution in [0, 0.1) is 0 Å². The minimum absolute atomic E-state index is 0.0205. The van der Waals surface area contributed by atoms with Crippen molar-refractivity contribution in [1.29, 1.82) is 0 Å². The van der Waals surface area contributed by atoms with Crippen molar-refractivity contribution in [3.63, 3.8) is 0 Å². The van der Waals surface area contributed by atoms with Gasteiger partial charge in [-0.15, -0.1) is 0 Å². The highest BCUT2D eigenvalue weighted by Gasteiger charge is 2.20. The molecule has 0 aliphatic carbocycles. The maximum Gasteiger partial charge on any atom is 0.326 e. The van der Waals surface area contributed by atoms with Gasteiger partial charge in [0.25, 0.3) is 0 Å². The Bertz CT molecular complexity index is 781. The second-order valence-electron chi connectivity index (χ2n) is 7.01. The Balaban J connectivity index is 1.88. The molecule has 0 spiro atoms. The first kappa shape index (κ1) is 23.1. The molecule has 160 valence electrons. The van der Waals surface area contributed by atoms with Crippen molar-refractivity contribution in [2.45, 2.75) is 31.7 Å². The number of ether oxygens (including phenoxy) is 1. The molecule has 0 bridgehead atoms. The number of aliphatic imine (C=N–C) groups is 1. The van der Waals surface area contributed by atoms with E-state index in [1.807, 2.05) is 60.7 Å². The van der Waals surface area contributed by atoms with Crippen LogP contribution in [0.15, 0.2) is 65.7 Å². The lowest BCUT2D eigenvalue weighted by molar-refractivity contribution is -0.142. The number of hydrogen-bond donors (Lipinski definition) is 3. The number of nitrogens with two attached hydrogens (primary N) is 1. The van der Waals surface area contributed by atoms with Crippen LogP contribution in [0.1, 0.15) is 36.8 Å². The summed E-state index contributed by atoms with van der Waals surface area (Å²) in [6.07, 6.45) is 0.783. The number of carboxylic acids is 1. The molecular formula is C23H29N3O4. The minimum atomic E-state index is -1.08. The topological polar surface area (TPSA) is 114 Å². The van der Waals surface area contributed by atoms with E-state index in [-0.39, 0.29) is 18.9 Å². The predicted molar refractivity (Wildman–Crippen MR) is 117 cm³/mol. The normalized spacial score (nSPS) is 12.5. The molecule has 4 N–H and O–H groups in total. The van der Waals surface area contributed by atoms with Gasteiger partial charge in [-0.2, -0.15) is 0 Å². The van der Waals surface area contributed by atoms with Crippen LogP contribution in [0.4, 0.5) is 0 Å². The number of carbonyl (C=O) groups excluding carboxylic acids is 1. The van der Waals surface area contributed by atoms with Crippen molar-refractivity contribution in [1.82, 2.24) is 5.32 Å². The summed E-state index contributed by atoms with van der Waals surface area (Å²) < 4.78 is 5.66. The lowest BCUT2D eigenvalue weighted by Crippen LogP contribution is -2.42. The van der Waals surface area contributed by atoms with Crippen molar-refractivity contribution in [3.05, 3.63) is 71.8 Å². The minimum Gasteiger partial charge on any atom is -0.480 e. The zero-order valence-corrected chi connectivity index (χ0v) is 17.2. The van der Waals surface area contributed by atoms with Crippen molar-refractivity contribution >= 4 is 17.7 Å². The highest BCUT2D eigenvalue weighted by molar-refractivity contribution is 5.84. The number of aliphatic carboxylic acids is 1. The Morgan fingerprint density at radius 3 is 2.13 bits per heavy atom. The summed E-state index contributed by atoms with van der Waals surface area (Å²) >= 11 is 0. The molecule has 2 aromatic carbocycles. The number of benzene rings is 2. The van der Waals surface area contributed by atoms with Crippen LogP contribution < -0.4 is 11.1 Å². The van der Waals surface area contributed by atoms with Crippen LogP contribution in [0.25, 0.3) is 0 Å². The number of hydrogen-bond acceptors (Lipinski definition) is 4. The fourth-order valence-corrected chi connectivity index (χ4v) is 3.07. The Labute approximate surface area is 177 Å². The molecule has 2 rings (SSSR count). The van der Waals surface area contributed by atoms with Gasteiger partial charge >= 0.3 is 5.97 Å². The van der Waals surface area contributed by atoms with E-state index in [4.69, 9.17) is 10.5 Å². The number of carboxylic acid groups (broad SMARTS) is 1. The Kier molecular flexibility index (Phi) is 9.54. The quantitative estimate of drug-likeness (QED) is 0.282. The monoisotopic (exact) mass is 411 g/mol. The van der Waals surface area contributed by atoms with Crippen LogP contribution in [-0.4, -0.2) is 48.6 Å². The molecule has 1 amide bonds. The van der Waals surface area contributed by atoms with E-state index in [1.165, 1.54) is 0 Å². The van der Waals surface area contributed by atoms with E-state index in [0.717, 1.165) is 11.1 Å². The largest absolute Gasteiger partial charge is 0.480 e. The Hall–Kier alpha value is -3.19. The predicted octanol–water partition coefficient (Wildman–Crippen LogP) is 2.56. The maximum atomic E-state index is 12.2. The SMILES string of the molecule is CC(N)=NCCC[C@H](NC(=O)COCC(c1ccccc1)c1ccccc1)C(=O)O. The van der Waals surface area contributed by atoms with Crippen molar-refractivity contribution < 1.29 is 19.4 Å². The van der Waals surface area contributed by atoms with E-state index in [2.05, 4.69) is 10.3 Å². The third kappa shape index (κ3) is 8.05. The molecule has 0 saturated heterocycles. The zero-order chi connectivity index (χ0) is 21.8. The lowest BCUT2D eigenvalue weighted by Gasteiger charge is -2.19. The Morgan fingerprint density at radius 1 is 1.07 bits per heavy atom. The van der Waals surface area contributed by atoms with Gasteiger partial charge in [0.2, 0.25) is 5.91 Å². The van der Waals surface area contributed by atoms with E-state index in [0.29, 0.717) is 25.4 Å². The van der Waals surface area contributed by atoms with Gasteiger partial charge in [0.1, 0.15) is 12.6 Å². The fraction of sp³-hybridized carbons (Fsp3) is 0.348. The molecule has 30 heavy (non-hydrogen) atoms. The average molecular weight is 412 g/mol. The number of amides is 1. The molecule has 0 radical (unpaired) electrons. The second kappa shape index (κ2) is 12.4. The molecule has 2 aromatic rings. The van der Waals surface area contributed by atoms with Crippen LogP contribution in [0.5, 0.6) is 0 Å². The number of nitrogens with one attached hydrogen (secondary N) is 1. The van der Waals surface area contributed by atoms with Crippen LogP contribution in [0.3, 0.4) is 0 Å². The van der Waals surface area contributed by atoms with Crippen LogP contribution in [-0.2, 0) is 14.3 Å². The van der Waals surface area contributed by atoms with Gasteiger partial charge in [0, 0.05) is 12.5 Å². The van der Waals surface area contributed by atoms with Crippen LogP contribution >= 0.6 is 0 Å². The second-order valence-corrected chi connectivity index (χ2v) is 7.01. The third-order valence-corrected chi connectivity index (χ3v) is 4.57. The first-order valence-electron chi connectivity index (χ1n) is 9.93. The molecule has 0 heterocycles. The molecule has 1 atom stereocenters. The zero-order valence-electron chi connectivity index (χ0n) is 17.2. The molecular weight excluding hydrogens is 382 g/mol. The number of carbonyl (C=O) groups is 2. The van der Waals surface area contributed by atoms with Gasteiger partial charge in [-0.25, -0.2) is 4.79 Å². The highest BCUT2D eigenvalue weighted by Crippen LogP contribution is 2.24. The number of amidine groups is 1. The summed E-state index contributed by atoms with van der Waals surface area (Å²) in [6.45, 7) is 2.20. The summed E-state index contributed by atoms with van der Waals surface area (Å²) in [4.78, 5) is 27.6.